The van der Waals surface area contributed by atoms with Crippen LogP contribution in [0, 0.1) is 17.8 Å². The van der Waals surface area contributed by atoms with E-state index in [9.17, 15) is 4.79 Å². The number of ether oxygens (including phenoxy) is 2. The second-order valence-corrected chi connectivity index (χ2v) is 6.88. The zero-order valence-electron chi connectivity index (χ0n) is 13.0. The van der Waals surface area contributed by atoms with Gasteiger partial charge in [-0.25, -0.2) is 0 Å². The lowest BCUT2D eigenvalue weighted by atomic mass is 9.85. The fourth-order valence-corrected chi connectivity index (χ4v) is 3.22. The molecule has 2 saturated heterocycles. The Morgan fingerprint density at radius 3 is 2.80 bits per heavy atom. The molecule has 0 radical (unpaired) electrons. The molecule has 4 nitrogen and oxygen atoms in total. The second kappa shape index (κ2) is 5.86. The maximum Gasteiger partial charge on any atom is 0.226 e. The Labute approximate surface area is 121 Å². The zero-order valence-corrected chi connectivity index (χ0v) is 13.0. The van der Waals surface area contributed by atoms with Crippen LogP contribution in [0.2, 0.25) is 0 Å². The van der Waals surface area contributed by atoms with Crippen molar-refractivity contribution < 1.29 is 14.3 Å². The first-order valence-corrected chi connectivity index (χ1v) is 7.57. The largest absolute Gasteiger partial charge is 0.348 e. The standard InChI is InChI=1S/C16H27NO3/c1-6-11(7-10(2)3)8-12-14-13(17-15(12)18)9-19-16(4,5)20-14/h6,10-14H,1,7-9H2,2-5H3,(H,17,18)/t11-,12+,13+,14?/m0/s1. The van der Waals surface area contributed by atoms with Crippen LogP contribution in [0.15, 0.2) is 12.7 Å². The normalized spacial score (nSPS) is 33.6. The highest BCUT2D eigenvalue weighted by Crippen LogP contribution is 2.35. The molecule has 0 aromatic rings. The molecule has 2 heterocycles. The molecule has 0 aromatic heterocycles. The van der Waals surface area contributed by atoms with Crippen molar-refractivity contribution >= 4 is 5.91 Å². The summed E-state index contributed by atoms with van der Waals surface area (Å²) in [7, 11) is 0. The predicted molar refractivity (Wildman–Crippen MR) is 78.1 cm³/mol. The minimum absolute atomic E-state index is 0.00922. The Morgan fingerprint density at radius 2 is 2.20 bits per heavy atom. The minimum atomic E-state index is -0.604. The van der Waals surface area contributed by atoms with Crippen LogP contribution in [0.1, 0.15) is 40.5 Å². The van der Waals surface area contributed by atoms with Gasteiger partial charge in [0, 0.05) is 0 Å². The number of amides is 1. The van der Waals surface area contributed by atoms with Crippen LogP contribution in [0.25, 0.3) is 0 Å². The highest BCUT2D eigenvalue weighted by atomic mass is 16.7. The van der Waals surface area contributed by atoms with Gasteiger partial charge in [0.25, 0.3) is 0 Å². The topological polar surface area (TPSA) is 47.6 Å². The quantitative estimate of drug-likeness (QED) is 0.788. The first-order chi connectivity index (χ1) is 9.32. The van der Waals surface area contributed by atoms with E-state index in [1.165, 1.54) is 0 Å². The Morgan fingerprint density at radius 1 is 1.50 bits per heavy atom. The van der Waals surface area contributed by atoms with E-state index in [0.29, 0.717) is 18.4 Å². The molecule has 0 saturated carbocycles. The number of carbonyl (C=O) groups excluding carboxylic acids is 1. The van der Waals surface area contributed by atoms with Gasteiger partial charge in [0.2, 0.25) is 5.91 Å². The summed E-state index contributed by atoms with van der Waals surface area (Å²) in [5.74, 6) is 0.360. The Hall–Kier alpha value is -0.870. The average molecular weight is 281 g/mol. The summed E-state index contributed by atoms with van der Waals surface area (Å²) in [4.78, 5) is 12.2. The van der Waals surface area contributed by atoms with Crippen LogP contribution in [-0.4, -0.2) is 30.4 Å². The van der Waals surface area contributed by atoms with Crippen molar-refractivity contribution in [1.82, 2.24) is 5.32 Å². The highest BCUT2D eigenvalue weighted by molar-refractivity contribution is 5.82. The van der Waals surface area contributed by atoms with Crippen molar-refractivity contribution in [2.45, 2.75) is 58.5 Å². The molecule has 0 aromatic carbocycles. The molecule has 4 atom stereocenters. The van der Waals surface area contributed by atoms with Crippen LogP contribution in [-0.2, 0) is 14.3 Å². The molecule has 2 fully saturated rings. The molecule has 1 amide bonds. The van der Waals surface area contributed by atoms with E-state index in [2.05, 4.69) is 25.7 Å². The van der Waals surface area contributed by atoms with Crippen LogP contribution >= 0.6 is 0 Å². The van der Waals surface area contributed by atoms with E-state index in [1.54, 1.807) is 0 Å². The fourth-order valence-electron chi connectivity index (χ4n) is 3.22. The SMILES string of the molecule is C=C[C@@H](CC(C)C)C[C@H]1C(=O)N[C@@H]2COC(C)(C)OC21. The predicted octanol–water partition coefficient (Wildman–Crippen LogP) is 2.49. The number of rotatable bonds is 5. The molecule has 1 unspecified atom stereocenters. The summed E-state index contributed by atoms with van der Waals surface area (Å²) in [5, 5.41) is 3.00. The zero-order chi connectivity index (χ0) is 14.9. The maximum absolute atomic E-state index is 12.2. The Balaban J connectivity index is 2.05. The van der Waals surface area contributed by atoms with Crippen LogP contribution in [0.3, 0.4) is 0 Å². The van der Waals surface area contributed by atoms with E-state index in [0.717, 1.165) is 12.8 Å². The smallest absolute Gasteiger partial charge is 0.226 e. The van der Waals surface area contributed by atoms with Crippen molar-refractivity contribution in [3.8, 4) is 0 Å². The average Bonchev–Trinajstić information content (AvgIpc) is 2.63. The molecule has 0 spiro atoms. The molecule has 4 heteroatoms. The second-order valence-electron chi connectivity index (χ2n) is 6.88. The monoisotopic (exact) mass is 281 g/mol. The molecular weight excluding hydrogens is 254 g/mol. The Bertz CT molecular complexity index is 378. The summed E-state index contributed by atoms with van der Waals surface area (Å²) < 4.78 is 11.6. The summed E-state index contributed by atoms with van der Waals surface area (Å²) in [6, 6.07) is -0.00922. The lowest BCUT2D eigenvalue weighted by Crippen LogP contribution is -2.51. The lowest BCUT2D eigenvalue weighted by molar-refractivity contribution is -0.282. The van der Waals surface area contributed by atoms with Crippen molar-refractivity contribution in [1.29, 1.82) is 0 Å². The van der Waals surface area contributed by atoms with Gasteiger partial charge in [0.05, 0.1) is 24.7 Å². The van der Waals surface area contributed by atoms with E-state index < -0.39 is 5.79 Å². The molecule has 0 aliphatic carbocycles. The van der Waals surface area contributed by atoms with E-state index in [1.807, 2.05) is 19.9 Å². The van der Waals surface area contributed by atoms with Gasteiger partial charge in [0.1, 0.15) is 0 Å². The van der Waals surface area contributed by atoms with Gasteiger partial charge in [-0.3, -0.25) is 4.79 Å². The van der Waals surface area contributed by atoms with Gasteiger partial charge in [-0.1, -0.05) is 19.9 Å². The number of nitrogens with one attached hydrogen (secondary N) is 1. The fraction of sp³-hybridized carbons (Fsp3) is 0.812. The van der Waals surface area contributed by atoms with Crippen LogP contribution in [0.4, 0.5) is 0 Å². The number of carbonyl (C=O) groups is 1. The number of allylic oxidation sites excluding steroid dienone is 1. The van der Waals surface area contributed by atoms with Crippen LogP contribution in [0.5, 0.6) is 0 Å². The number of hydrogen-bond acceptors (Lipinski definition) is 3. The van der Waals surface area contributed by atoms with Gasteiger partial charge >= 0.3 is 0 Å². The first kappa shape index (κ1) is 15.5. The molecule has 1 N–H and O–H groups in total. The van der Waals surface area contributed by atoms with Gasteiger partial charge in [-0.05, 0) is 38.5 Å². The Kier molecular flexibility index (Phi) is 4.55. The lowest BCUT2D eigenvalue weighted by Gasteiger charge is -2.39. The summed E-state index contributed by atoms with van der Waals surface area (Å²) in [6.07, 6.45) is 3.77. The summed E-state index contributed by atoms with van der Waals surface area (Å²) in [6.45, 7) is 12.7. The van der Waals surface area contributed by atoms with Crippen LogP contribution < -0.4 is 5.32 Å². The molecular formula is C16H27NO3. The van der Waals surface area contributed by atoms with Gasteiger partial charge in [-0.15, -0.1) is 6.58 Å². The first-order valence-electron chi connectivity index (χ1n) is 7.57. The molecule has 2 aliphatic heterocycles. The number of fused-ring (bicyclic) bond motifs is 1. The third-order valence-electron chi connectivity index (χ3n) is 4.15. The van der Waals surface area contributed by atoms with E-state index >= 15 is 0 Å². The molecule has 0 bridgehead atoms. The van der Waals surface area contributed by atoms with Crippen molar-refractivity contribution in [3.05, 3.63) is 12.7 Å². The summed E-state index contributed by atoms with van der Waals surface area (Å²) >= 11 is 0. The molecule has 114 valence electrons. The third kappa shape index (κ3) is 3.41. The number of hydrogen-bond donors (Lipinski definition) is 1. The van der Waals surface area contributed by atoms with Crippen molar-refractivity contribution in [2.75, 3.05) is 6.61 Å². The minimum Gasteiger partial charge on any atom is -0.348 e. The van der Waals surface area contributed by atoms with E-state index in [-0.39, 0.29) is 24.0 Å². The summed E-state index contributed by atoms with van der Waals surface area (Å²) in [5.41, 5.74) is 0. The molecule has 2 aliphatic rings. The van der Waals surface area contributed by atoms with E-state index in [4.69, 9.17) is 9.47 Å². The van der Waals surface area contributed by atoms with Gasteiger partial charge in [-0.2, -0.15) is 0 Å². The van der Waals surface area contributed by atoms with Crippen molar-refractivity contribution in [2.24, 2.45) is 17.8 Å². The van der Waals surface area contributed by atoms with Gasteiger partial charge in [0.15, 0.2) is 5.79 Å². The maximum atomic E-state index is 12.2. The third-order valence-corrected chi connectivity index (χ3v) is 4.15. The highest BCUT2D eigenvalue weighted by Gasteiger charge is 2.49. The molecule has 20 heavy (non-hydrogen) atoms. The van der Waals surface area contributed by atoms with Crippen molar-refractivity contribution in [3.63, 3.8) is 0 Å². The molecule has 2 rings (SSSR count). The van der Waals surface area contributed by atoms with Gasteiger partial charge < -0.3 is 14.8 Å².